The van der Waals surface area contributed by atoms with Crippen molar-refractivity contribution < 1.29 is 70.4 Å². The molecule has 0 fully saturated rings. The molecule has 0 amide bonds. The minimum atomic E-state index is -0.645. The predicted molar refractivity (Wildman–Crippen MR) is 589 cm³/mol. The summed E-state index contributed by atoms with van der Waals surface area (Å²) in [5.41, 5.74) is 29.0. The van der Waals surface area contributed by atoms with Crippen molar-refractivity contribution in [3.63, 3.8) is 0 Å². The van der Waals surface area contributed by atoms with Gasteiger partial charge in [0.25, 0.3) is 0 Å². The van der Waals surface area contributed by atoms with Crippen LogP contribution in [0.25, 0.3) is 166 Å². The summed E-state index contributed by atoms with van der Waals surface area (Å²) >= 11 is 1.87. The summed E-state index contributed by atoms with van der Waals surface area (Å²) in [6.45, 7) is 26.5. The van der Waals surface area contributed by atoms with Gasteiger partial charge in [0, 0.05) is 175 Å². The molecule has 19 heteroatoms. The van der Waals surface area contributed by atoms with E-state index >= 15 is 0 Å². The Morgan fingerprint density at radius 3 is 1.09 bits per heavy atom. The average Bonchev–Trinajstić information content (AvgIpc) is 1.55. The molecule has 0 unspecified atom stereocenters. The van der Waals surface area contributed by atoms with Gasteiger partial charge < -0.3 is 8.98 Å². The van der Waals surface area contributed by atoms with Crippen LogP contribution in [0.15, 0.2) is 296 Å². The smallest absolute Gasteiger partial charge is 0.152 e. The normalized spacial score (nSPS) is 11.8. The molecular weight excluding hydrogens is 1990 g/mol. The van der Waals surface area contributed by atoms with Crippen molar-refractivity contribution in [3.8, 4) is 101 Å². The first-order valence-corrected chi connectivity index (χ1v) is 58.8. The maximum Gasteiger partial charge on any atom is 0.152 e. The number of furan rings is 1. The Balaban J connectivity index is 0.000000157. The minimum Gasteiger partial charge on any atom is -0.454 e. The Labute approximate surface area is 886 Å². The molecule has 0 aliphatic heterocycles. The van der Waals surface area contributed by atoms with Crippen molar-refractivity contribution in [2.75, 3.05) is 0 Å². The topological polar surface area (TPSA) is 121 Å². The number of thiophene rings is 1. The maximum atomic E-state index is 6.22. The van der Waals surface area contributed by atoms with Gasteiger partial charge in [0.1, 0.15) is 11.1 Å². The second-order valence-electron chi connectivity index (χ2n) is 36.2. The van der Waals surface area contributed by atoms with Crippen molar-refractivity contribution in [3.05, 3.63) is 327 Å². The third-order valence-corrected chi connectivity index (χ3v) is 41.1. The van der Waals surface area contributed by atoms with Gasteiger partial charge in [0.05, 0.1) is 67.6 Å². The largest absolute Gasteiger partial charge is 0.454 e. The van der Waals surface area contributed by atoms with E-state index in [1.807, 2.05) is 127 Å². The van der Waals surface area contributed by atoms with E-state index in [9.17, 15) is 0 Å². The molecule has 1 aliphatic rings. The number of benzene rings is 8. The zero-order valence-electron chi connectivity index (χ0n) is 82.9. The number of pyridine rings is 8. The summed E-state index contributed by atoms with van der Waals surface area (Å²) in [5.74, 6) is 0. The Kier molecular flexibility index (Phi) is 40.0. The first-order chi connectivity index (χ1) is 67.5. The van der Waals surface area contributed by atoms with E-state index in [4.69, 9.17) is 24.4 Å². The summed E-state index contributed by atoms with van der Waals surface area (Å²) in [5, 5.41) is 10.2. The van der Waals surface area contributed by atoms with E-state index in [1.54, 1.807) is 21.1 Å². The molecule has 10 nitrogen and oxygen atoms in total. The number of aromatic nitrogens is 9. The van der Waals surface area contributed by atoms with Crippen molar-refractivity contribution in [2.45, 2.75) is 220 Å². The second kappa shape index (κ2) is 52.2. The van der Waals surface area contributed by atoms with Crippen molar-refractivity contribution >= 4 is 132 Å². The molecule has 0 N–H and O–H groups in total. The van der Waals surface area contributed by atoms with E-state index < -0.39 is 35.2 Å². The fourth-order valence-corrected chi connectivity index (χ4v) is 33.6. The van der Waals surface area contributed by atoms with Gasteiger partial charge in [-0.3, -0.25) is 39.9 Å². The molecule has 8 aromatic carbocycles. The average molecular weight is 2110 g/mol. The summed E-state index contributed by atoms with van der Waals surface area (Å²) in [7, 11) is -2.50. The Morgan fingerprint density at radius 1 is 0.277 bits per heavy atom. The third-order valence-electron chi connectivity index (χ3n) is 26.4. The molecular formula is C122H125N9Ni4OSSi4-4. The van der Waals surface area contributed by atoms with Crippen LogP contribution in [0, 0.1) is 24.3 Å². The minimum absolute atomic E-state index is 0. The molecule has 0 saturated heterocycles. The predicted octanol–water partition coefficient (Wildman–Crippen LogP) is 31.2. The van der Waals surface area contributed by atoms with Crippen LogP contribution < -0.4 is 20.7 Å². The molecule has 20 rings (SSSR count). The Bertz CT molecular complexity index is 7050. The first kappa shape index (κ1) is 108. The van der Waals surface area contributed by atoms with Crippen LogP contribution in [-0.2, 0) is 77.9 Å². The number of hydrogen-bond acceptors (Lipinski definition) is 10. The molecule has 11 heterocycles. The van der Waals surface area contributed by atoms with Gasteiger partial charge in [-0.05, 0) is 96.2 Å². The van der Waals surface area contributed by atoms with Crippen LogP contribution in [0.1, 0.15) is 171 Å². The fraction of sp³-hybridized carbons (Fsp3) is 0.279. The molecule has 141 heavy (non-hydrogen) atoms. The first-order valence-electron chi connectivity index (χ1n) is 50.4. The molecule has 0 spiro atoms. The zero-order chi connectivity index (χ0) is 94.6. The monoisotopic (exact) mass is 2110 g/mol. The Morgan fingerprint density at radius 2 is 0.645 bits per heavy atom. The summed E-state index contributed by atoms with van der Waals surface area (Å²) in [6.07, 6.45) is 23.0. The number of hydrogen-bond donors (Lipinski definition) is 0. The van der Waals surface area contributed by atoms with Crippen molar-refractivity contribution in [2.24, 2.45) is 0 Å². The quantitative estimate of drug-likeness (QED) is 0.0287. The molecule has 1 aliphatic carbocycles. The molecule has 730 valence electrons. The van der Waals surface area contributed by atoms with Gasteiger partial charge in [-0.1, -0.05) is 382 Å². The Hall–Kier alpha value is -10.4. The molecule has 0 saturated carbocycles. The summed E-state index contributed by atoms with van der Waals surface area (Å²) in [4.78, 5) is 39.1. The van der Waals surface area contributed by atoms with Crippen molar-refractivity contribution in [1.29, 1.82) is 0 Å². The van der Waals surface area contributed by atoms with Crippen LogP contribution in [0.4, 0.5) is 0 Å². The van der Waals surface area contributed by atoms with Crippen LogP contribution in [0.2, 0.25) is 48.4 Å². The SMILES string of the molecule is CCC[Si](CCC)c1cccc2c1-c1nc(-c3[c-]c(-c4ccccn4)ccc3)ccc1C2(CCC)CCC.CCC[Si](CCC)c1cccc2oc3ccc(-c4[c-]c(-c5ccccn5)ccc4)nc3c12.CCC[Si](CCC)c1cccc2sc3ccc(-c4[c-]c(-c5ccccn5)ccc4)nc3c12.CCCn1c2ccc(-c3[c-]c(-c4ccccn4)ccc3)nc2c2c([Si](CCC)CCC)cccc21.[Ni].[Ni].[Ni].[Ni]. The second-order valence-corrected chi connectivity index (χ2v) is 48.2. The van der Waals surface area contributed by atoms with Gasteiger partial charge in [-0.25, -0.2) is 0 Å². The van der Waals surface area contributed by atoms with Crippen molar-refractivity contribution in [1.82, 2.24) is 44.4 Å². The number of nitrogens with zero attached hydrogens (tertiary/aromatic N) is 9. The molecule has 11 aromatic heterocycles. The van der Waals surface area contributed by atoms with Crippen LogP contribution in [0.5, 0.6) is 0 Å². The van der Waals surface area contributed by atoms with Gasteiger partial charge in [-0.2, -0.15) is 0 Å². The van der Waals surface area contributed by atoms with Crippen LogP contribution in [-0.4, -0.2) is 79.6 Å². The summed E-state index contributed by atoms with van der Waals surface area (Å²) in [6, 6.07) is 119. The fourth-order valence-electron chi connectivity index (χ4n) is 20.7. The van der Waals surface area contributed by atoms with Gasteiger partial charge in [0.2, 0.25) is 0 Å². The third kappa shape index (κ3) is 24.0. The van der Waals surface area contributed by atoms with Gasteiger partial charge >= 0.3 is 0 Å². The van der Waals surface area contributed by atoms with Gasteiger partial charge in [0.15, 0.2) is 5.58 Å². The standard InChI is InChI=1S/C35H40N2Si.C31H33N3Si.C28H26N2OSi.C28H26N2SSi.4Ni/c1-5-20-35(21-6-2)28-15-12-17-32(38(23-7-3)24-8-4)33(28)34-29(35)18-19-31(37-34)27-14-11-13-26(25-27)30-16-9-10-22-36-30;1-4-19-34-27-14-10-15-29(35(20-5-2)21-6-3)30(27)31-28(34)17-16-26(33-31)24-12-9-11-23(22-24)25-13-7-8-18-32-25;2*1-3-17-32(18-4-2)26-13-8-12-24-27(26)28-25(31-24)15-14-23(30-28)21-10-7-9-20(19-21)22-11-5-6-16-29-22;;;;/h9-19,22H,5-8,20-21,23-24H2,1-4H3;7-18H,4-6,19-21H2,1-3H3;2*5-16H,3-4,17-18H2,1-2H3;;;;/q4*-1;;;;. The molecule has 19 aromatic rings. The van der Waals surface area contributed by atoms with E-state index in [0.29, 0.717) is 0 Å². The van der Waals surface area contributed by atoms with E-state index in [0.717, 1.165) is 131 Å². The number of aryl methyl sites for hydroxylation is 1. The maximum absolute atomic E-state index is 6.22. The van der Waals surface area contributed by atoms with E-state index in [1.165, 1.54) is 184 Å². The molecule has 4 radical (unpaired) electrons. The number of fused-ring (bicyclic) bond motifs is 12. The van der Waals surface area contributed by atoms with Gasteiger partial charge in [-0.15, -0.1) is 108 Å². The van der Waals surface area contributed by atoms with Crippen LogP contribution in [0.3, 0.4) is 0 Å². The molecule has 0 atom stereocenters. The zero-order valence-corrected chi connectivity index (χ0v) is 91.6. The van der Waals surface area contributed by atoms with Crippen LogP contribution >= 0.6 is 11.3 Å². The van der Waals surface area contributed by atoms with E-state index in [2.05, 4.69) is 301 Å². The molecule has 0 bridgehead atoms. The van der Waals surface area contributed by atoms with E-state index in [-0.39, 0.29) is 71.4 Å². The number of rotatable bonds is 34. The summed E-state index contributed by atoms with van der Waals surface area (Å²) < 4.78 is 11.3.